The van der Waals surface area contributed by atoms with Gasteiger partial charge in [0, 0.05) is 6.04 Å². The van der Waals surface area contributed by atoms with E-state index in [-0.39, 0.29) is 0 Å². The van der Waals surface area contributed by atoms with Crippen molar-refractivity contribution in [3.63, 3.8) is 0 Å². The third kappa shape index (κ3) is 3.19. The Morgan fingerprint density at radius 3 is 2.53 bits per heavy atom. The van der Waals surface area contributed by atoms with E-state index in [9.17, 15) is 0 Å². The third-order valence-corrected chi connectivity index (χ3v) is 3.80. The molecule has 0 spiro atoms. The average Bonchev–Trinajstić information content (AvgIpc) is 2.81. The van der Waals surface area contributed by atoms with Crippen LogP contribution < -0.4 is 0 Å². The fourth-order valence-electron chi connectivity index (χ4n) is 2.83. The van der Waals surface area contributed by atoms with Crippen molar-refractivity contribution in [1.82, 2.24) is 4.90 Å². The molecule has 1 aromatic rings. The molecule has 0 bridgehead atoms. The summed E-state index contributed by atoms with van der Waals surface area (Å²) in [6.07, 6.45) is 6.25. The van der Waals surface area contributed by atoms with E-state index in [2.05, 4.69) is 55.2 Å². The van der Waals surface area contributed by atoms with E-state index in [0.717, 1.165) is 6.04 Å². The summed E-state index contributed by atoms with van der Waals surface area (Å²) in [5.41, 5.74) is 2.97. The Kier molecular flexibility index (Phi) is 4.38. The van der Waals surface area contributed by atoms with Gasteiger partial charge in [0.2, 0.25) is 0 Å². The Morgan fingerprint density at radius 1 is 1.18 bits per heavy atom. The summed E-state index contributed by atoms with van der Waals surface area (Å²) in [6.45, 7) is 6.89. The van der Waals surface area contributed by atoms with Gasteiger partial charge in [-0.15, -0.1) is 0 Å². The lowest BCUT2D eigenvalue weighted by Crippen LogP contribution is -2.32. The van der Waals surface area contributed by atoms with Crippen LogP contribution in [0.25, 0.3) is 6.08 Å². The molecule has 2 rings (SSSR count). The van der Waals surface area contributed by atoms with Crippen molar-refractivity contribution in [1.29, 1.82) is 0 Å². The van der Waals surface area contributed by atoms with Gasteiger partial charge in [-0.2, -0.15) is 0 Å². The molecule has 1 fully saturated rings. The van der Waals surface area contributed by atoms with E-state index in [4.69, 9.17) is 0 Å². The highest BCUT2D eigenvalue weighted by molar-refractivity contribution is 5.53. The minimum Gasteiger partial charge on any atom is -0.301 e. The molecule has 1 atom stereocenters. The van der Waals surface area contributed by atoms with Gasteiger partial charge >= 0.3 is 0 Å². The lowest BCUT2D eigenvalue weighted by molar-refractivity contribution is 0.223. The lowest BCUT2D eigenvalue weighted by atomic mass is 10.1. The van der Waals surface area contributed by atoms with Crippen molar-refractivity contribution in [3.05, 3.63) is 41.5 Å². The second kappa shape index (κ2) is 6.02. The normalized spacial score (nSPS) is 22.5. The van der Waals surface area contributed by atoms with Crippen molar-refractivity contribution in [2.24, 2.45) is 0 Å². The van der Waals surface area contributed by atoms with Gasteiger partial charge in [-0.1, -0.05) is 55.8 Å². The monoisotopic (exact) mass is 229 g/mol. The number of rotatable bonds is 4. The Hall–Kier alpha value is -1.08. The highest BCUT2D eigenvalue weighted by Gasteiger charge is 2.23. The van der Waals surface area contributed by atoms with Crippen molar-refractivity contribution in [3.8, 4) is 0 Å². The maximum atomic E-state index is 2.59. The number of hydrogen-bond donors (Lipinski definition) is 0. The van der Waals surface area contributed by atoms with E-state index >= 15 is 0 Å². The Bertz CT molecular complexity index is 362. The molecule has 1 saturated carbocycles. The average molecular weight is 229 g/mol. The first-order valence-electron chi connectivity index (χ1n) is 6.82. The molecule has 0 saturated heterocycles. The van der Waals surface area contributed by atoms with Crippen LogP contribution in [0.15, 0.2) is 35.9 Å². The summed E-state index contributed by atoms with van der Waals surface area (Å²) < 4.78 is 0. The van der Waals surface area contributed by atoms with E-state index in [0.29, 0.717) is 0 Å². The molecular weight excluding hydrogens is 206 g/mol. The van der Waals surface area contributed by atoms with Crippen LogP contribution >= 0.6 is 0 Å². The summed E-state index contributed by atoms with van der Waals surface area (Å²) in [4.78, 5) is 2.59. The summed E-state index contributed by atoms with van der Waals surface area (Å²) >= 11 is 0. The van der Waals surface area contributed by atoms with Crippen LogP contribution in [0.1, 0.15) is 38.7 Å². The fraction of sp³-hybridized carbons (Fsp3) is 0.500. The molecule has 1 unspecified atom stereocenters. The highest BCUT2D eigenvalue weighted by Crippen LogP contribution is 2.30. The van der Waals surface area contributed by atoms with Crippen LogP contribution in [0.4, 0.5) is 0 Å². The van der Waals surface area contributed by atoms with Gasteiger partial charge < -0.3 is 4.90 Å². The van der Waals surface area contributed by atoms with Crippen LogP contribution in [0.3, 0.4) is 0 Å². The molecule has 1 aliphatic carbocycles. The Labute approximate surface area is 105 Å². The number of nitrogens with zero attached hydrogens (tertiary/aromatic N) is 1. The first-order valence-corrected chi connectivity index (χ1v) is 6.82. The Balaban J connectivity index is 2.00. The molecule has 0 aromatic heterocycles. The zero-order chi connectivity index (χ0) is 12.1. The van der Waals surface area contributed by atoms with Gasteiger partial charge in [0.1, 0.15) is 0 Å². The van der Waals surface area contributed by atoms with E-state index in [1.165, 1.54) is 37.9 Å². The molecule has 0 radical (unpaired) electrons. The van der Waals surface area contributed by atoms with Crippen LogP contribution in [-0.2, 0) is 0 Å². The maximum Gasteiger partial charge on any atom is 0.0135 e. The minimum absolute atomic E-state index is 0.778. The second-order valence-electron chi connectivity index (χ2n) is 4.83. The molecular formula is C16H23N. The zero-order valence-corrected chi connectivity index (χ0v) is 11.0. The van der Waals surface area contributed by atoms with Gasteiger partial charge in [-0.25, -0.2) is 0 Å². The lowest BCUT2D eigenvalue weighted by Gasteiger charge is -2.25. The van der Waals surface area contributed by atoms with Crippen LogP contribution in [0.5, 0.6) is 0 Å². The number of hydrogen-bond acceptors (Lipinski definition) is 1. The third-order valence-electron chi connectivity index (χ3n) is 3.80. The van der Waals surface area contributed by atoms with Crippen molar-refractivity contribution < 1.29 is 0 Å². The maximum absolute atomic E-state index is 2.59. The smallest absolute Gasteiger partial charge is 0.0135 e. The van der Waals surface area contributed by atoms with Gasteiger partial charge in [0.05, 0.1) is 0 Å². The molecule has 0 N–H and O–H groups in total. The van der Waals surface area contributed by atoms with Gasteiger partial charge in [-0.05, 0) is 37.9 Å². The molecule has 0 amide bonds. The minimum atomic E-state index is 0.778. The zero-order valence-electron chi connectivity index (χ0n) is 11.0. The first kappa shape index (κ1) is 12.4. The second-order valence-corrected chi connectivity index (χ2v) is 4.83. The molecule has 1 nitrogen and oxygen atoms in total. The summed E-state index contributed by atoms with van der Waals surface area (Å²) in [5, 5.41) is 0. The fourth-order valence-corrected chi connectivity index (χ4v) is 2.83. The van der Waals surface area contributed by atoms with Crippen molar-refractivity contribution >= 4 is 6.08 Å². The highest BCUT2D eigenvalue weighted by atomic mass is 15.1. The topological polar surface area (TPSA) is 3.24 Å². The molecule has 92 valence electrons. The van der Waals surface area contributed by atoms with Crippen LogP contribution in [-0.4, -0.2) is 24.0 Å². The summed E-state index contributed by atoms with van der Waals surface area (Å²) in [5.74, 6) is 0. The van der Waals surface area contributed by atoms with Crippen LogP contribution in [0, 0.1) is 0 Å². The molecule has 0 aliphatic heterocycles. The van der Waals surface area contributed by atoms with Crippen molar-refractivity contribution in [2.75, 3.05) is 13.1 Å². The SMILES string of the molecule is CCN(CC)C1CCC(=Cc2ccccc2)C1. The summed E-state index contributed by atoms with van der Waals surface area (Å²) in [7, 11) is 0. The van der Waals surface area contributed by atoms with E-state index in [1.807, 2.05) is 0 Å². The molecule has 0 heterocycles. The van der Waals surface area contributed by atoms with Crippen LogP contribution in [0.2, 0.25) is 0 Å². The molecule has 17 heavy (non-hydrogen) atoms. The van der Waals surface area contributed by atoms with Crippen molar-refractivity contribution in [2.45, 2.75) is 39.2 Å². The predicted molar refractivity (Wildman–Crippen MR) is 75.0 cm³/mol. The number of benzene rings is 1. The van der Waals surface area contributed by atoms with Gasteiger partial charge in [-0.3, -0.25) is 0 Å². The Morgan fingerprint density at radius 2 is 1.88 bits per heavy atom. The molecule has 1 aromatic carbocycles. The molecule has 1 aliphatic rings. The standard InChI is InChI=1S/C16H23N/c1-3-17(4-2)16-11-10-15(13-16)12-14-8-6-5-7-9-14/h5-9,12,16H,3-4,10-11,13H2,1-2H3. The summed E-state index contributed by atoms with van der Waals surface area (Å²) in [6, 6.07) is 11.5. The largest absolute Gasteiger partial charge is 0.301 e. The molecule has 1 heteroatoms. The first-order chi connectivity index (χ1) is 8.33. The van der Waals surface area contributed by atoms with E-state index in [1.54, 1.807) is 5.57 Å². The van der Waals surface area contributed by atoms with Gasteiger partial charge in [0.15, 0.2) is 0 Å². The quantitative estimate of drug-likeness (QED) is 0.755. The predicted octanol–water partition coefficient (Wildman–Crippen LogP) is 3.96. The van der Waals surface area contributed by atoms with E-state index < -0.39 is 0 Å². The van der Waals surface area contributed by atoms with Gasteiger partial charge in [0.25, 0.3) is 0 Å².